The van der Waals surface area contributed by atoms with E-state index < -0.39 is 0 Å². The third-order valence-electron chi connectivity index (χ3n) is 4.33. The minimum absolute atomic E-state index is 0.734. The highest BCUT2D eigenvalue weighted by Gasteiger charge is 2.32. The van der Waals surface area contributed by atoms with Crippen LogP contribution in [0.2, 0.25) is 0 Å². The fourth-order valence-corrected chi connectivity index (χ4v) is 3.27. The molecule has 0 bridgehead atoms. The van der Waals surface area contributed by atoms with Crippen LogP contribution in [0, 0.1) is 23.7 Å². The Morgan fingerprint density at radius 2 is 1.88 bits per heavy atom. The first-order chi connectivity index (χ1) is 7.56. The van der Waals surface area contributed by atoms with Crippen LogP contribution in [-0.4, -0.2) is 12.6 Å². The second kappa shape index (κ2) is 6.64. The first-order valence-electron chi connectivity index (χ1n) is 7.29. The monoisotopic (exact) mass is 225 g/mol. The molecule has 1 saturated carbocycles. The van der Waals surface area contributed by atoms with E-state index in [-0.39, 0.29) is 0 Å². The van der Waals surface area contributed by atoms with Crippen LogP contribution in [0.3, 0.4) is 0 Å². The predicted molar refractivity (Wildman–Crippen MR) is 72.6 cm³/mol. The van der Waals surface area contributed by atoms with Gasteiger partial charge in [-0.05, 0) is 43.1 Å². The van der Waals surface area contributed by atoms with Gasteiger partial charge in [0.2, 0.25) is 0 Å². The molecule has 1 aliphatic carbocycles. The maximum Gasteiger partial charge on any atom is 0.0121 e. The van der Waals surface area contributed by atoms with Gasteiger partial charge in [-0.15, -0.1) is 0 Å². The summed E-state index contributed by atoms with van der Waals surface area (Å²) in [5, 5.41) is 3.79. The zero-order chi connectivity index (χ0) is 12.1. The van der Waals surface area contributed by atoms with Crippen LogP contribution in [0.1, 0.15) is 60.3 Å². The van der Waals surface area contributed by atoms with Gasteiger partial charge in [0.15, 0.2) is 0 Å². The van der Waals surface area contributed by atoms with E-state index in [4.69, 9.17) is 0 Å². The molecule has 0 aliphatic heterocycles. The molecule has 16 heavy (non-hydrogen) atoms. The molecule has 0 aromatic rings. The normalized spacial score (nSPS) is 33.0. The molecule has 4 atom stereocenters. The highest BCUT2D eigenvalue weighted by Crippen LogP contribution is 2.37. The Bertz CT molecular complexity index is 188. The molecule has 1 N–H and O–H groups in total. The van der Waals surface area contributed by atoms with Crippen molar-refractivity contribution in [2.45, 2.75) is 66.3 Å². The van der Waals surface area contributed by atoms with Crippen molar-refractivity contribution in [1.82, 2.24) is 5.32 Å². The van der Waals surface area contributed by atoms with Crippen molar-refractivity contribution in [3.63, 3.8) is 0 Å². The van der Waals surface area contributed by atoms with Crippen LogP contribution < -0.4 is 5.32 Å². The van der Waals surface area contributed by atoms with E-state index in [1.165, 1.54) is 32.2 Å². The molecule has 0 saturated heterocycles. The smallest absolute Gasteiger partial charge is 0.0121 e. The standard InChI is InChI=1S/C15H31N/c1-6-9-16-15(11(2)3)14-10-12(4)7-8-13(14)5/h11-16H,6-10H2,1-5H3. The highest BCUT2D eigenvalue weighted by molar-refractivity contribution is 4.86. The maximum atomic E-state index is 3.79. The molecule has 1 aliphatic rings. The molecule has 0 heterocycles. The third kappa shape index (κ3) is 3.76. The van der Waals surface area contributed by atoms with Crippen molar-refractivity contribution in [3.8, 4) is 0 Å². The second-order valence-corrected chi connectivity index (χ2v) is 6.28. The van der Waals surface area contributed by atoms with E-state index >= 15 is 0 Å². The van der Waals surface area contributed by atoms with Gasteiger partial charge in [-0.25, -0.2) is 0 Å². The SMILES string of the molecule is CCCNC(C(C)C)C1CC(C)CCC1C. The quantitative estimate of drug-likeness (QED) is 0.743. The van der Waals surface area contributed by atoms with E-state index in [0.717, 1.165) is 29.7 Å². The molecule has 1 fully saturated rings. The lowest BCUT2D eigenvalue weighted by Gasteiger charge is -2.40. The average molecular weight is 225 g/mol. The summed E-state index contributed by atoms with van der Waals surface area (Å²) >= 11 is 0. The molecule has 96 valence electrons. The minimum Gasteiger partial charge on any atom is -0.313 e. The summed E-state index contributed by atoms with van der Waals surface area (Å²) < 4.78 is 0. The van der Waals surface area contributed by atoms with Gasteiger partial charge >= 0.3 is 0 Å². The van der Waals surface area contributed by atoms with Gasteiger partial charge < -0.3 is 5.32 Å². The lowest BCUT2D eigenvalue weighted by molar-refractivity contribution is 0.132. The lowest BCUT2D eigenvalue weighted by Crippen LogP contribution is -2.45. The van der Waals surface area contributed by atoms with Crippen LogP contribution >= 0.6 is 0 Å². The molecule has 0 spiro atoms. The summed E-state index contributed by atoms with van der Waals surface area (Å²) in [6.45, 7) is 13.1. The van der Waals surface area contributed by atoms with E-state index in [9.17, 15) is 0 Å². The topological polar surface area (TPSA) is 12.0 Å². The van der Waals surface area contributed by atoms with Gasteiger partial charge in [-0.1, -0.05) is 47.5 Å². The van der Waals surface area contributed by atoms with E-state index in [1.807, 2.05) is 0 Å². The Kier molecular flexibility index (Phi) is 5.82. The molecule has 1 rings (SSSR count). The molecule has 1 heteroatoms. The van der Waals surface area contributed by atoms with Gasteiger partial charge in [0.1, 0.15) is 0 Å². The van der Waals surface area contributed by atoms with E-state index in [1.54, 1.807) is 0 Å². The van der Waals surface area contributed by atoms with E-state index in [0.29, 0.717) is 0 Å². The Balaban J connectivity index is 2.59. The Morgan fingerprint density at radius 3 is 2.44 bits per heavy atom. The zero-order valence-electron chi connectivity index (χ0n) is 11.9. The van der Waals surface area contributed by atoms with Crippen molar-refractivity contribution in [1.29, 1.82) is 0 Å². The van der Waals surface area contributed by atoms with Gasteiger partial charge in [0.05, 0.1) is 0 Å². The number of hydrogen-bond donors (Lipinski definition) is 1. The van der Waals surface area contributed by atoms with Crippen LogP contribution in [0.4, 0.5) is 0 Å². The largest absolute Gasteiger partial charge is 0.313 e. The predicted octanol–water partition coefficient (Wildman–Crippen LogP) is 4.08. The Hall–Kier alpha value is -0.0400. The second-order valence-electron chi connectivity index (χ2n) is 6.28. The van der Waals surface area contributed by atoms with Crippen molar-refractivity contribution in [2.75, 3.05) is 6.54 Å². The third-order valence-corrected chi connectivity index (χ3v) is 4.33. The number of nitrogens with one attached hydrogen (secondary N) is 1. The van der Waals surface area contributed by atoms with Crippen molar-refractivity contribution < 1.29 is 0 Å². The van der Waals surface area contributed by atoms with Crippen molar-refractivity contribution in [3.05, 3.63) is 0 Å². The Labute approximate surface area is 102 Å². The van der Waals surface area contributed by atoms with Crippen LogP contribution in [0.15, 0.2) is 0 Å². The summed E-state index contributed by atoms with van der Waals surface area (Å²) in [5.74, 6) is 3.51. The zero-order valence-corrected chi connectivity index (χ0v) is 11.9. The average Bonchev–Trinajstić information content (AvgIpc) is 2.23. The fourth-order valence-electron chi connectivity index (χ4n) is 3.27. The lowest BCUT2D eigenvalue weighted by atomic mass is 9.70. The fraction of sp³-hybridized carbons (Fsp3) is 1.00. The highest BCUT2D eigenvalue weighted by atomic mass is 14.9. The van der Waals surface area contributed by atoms with Crippen LogP contribution in [0.25, 0.3) is 0 Å². The van der Waals surface area contributed by atoms with Gasteiger partial charge in [-0.3, -0.25) is 0 Å². The van der Waals surface area contributed by atoms with Crippen molar-refractivity contribution in [2.24, 2.45) is 23.7 Å². The summed E-state index contributed by atoms with van der Waals surface area (Å²) in [6.07, 6.45) is 5.56. The molecule has 1 nitrogen and oxygen atoms in total. The maximum absolute atomic E-state index is 3.79. The Morgan fingerprint density at radius 1 is 1.19 bits per heavy atom. The van der Waals surface area contributed by atoms with Gasteiger partial charge in [-0.2, -0.15) is 0 Å². The first kappa shape index (κ1) is 14.0. The number of rotatable bonds is 5. The van der Waals surface area contributed by atoms with Gasteiger partial charge in [0.25, 0.3) is 0 Å². The summed E-state index contributed by atoms with van der Waals surface area (Å²) in [7, 11) is 0. The molecular weight excluding hydrogens is 194 g/mol. The number of hydrogen-bond acceptors (Lipinski definition) is 1. The van der Waals surface area contributed by atoms with Crippen molar-refractivity contribution >= 4 is 0 Å². The van der Waals surface area contributed by atoms with Crippen LogP contribution in [-0.2, 0) is 0 Å². The first-order valence-corrected chi connectivity index (χ1v) is 7.29. The molecular formula is C15H31N. The molecule has 4 unspecified atom stereocenters. The molecule has 0 aromatic carbocycles. The molecule has 0 amide bonds. The summed E-state index contributed by atoms with van der Waals surface area (Å²) in [6, 6.07) is 0.734. The molecule has 0 aromatic heterocycles. The van der Waals surface area contributed by atoms with Gasteiger partial charge in [0, 0.05) is 6.04 Å². The molecule has 0 radical (unpaired) electrons. The summed E-state index contributed by atoms with van der Waals surface area (Å²) in [5.41, 5.74) is 0. The minimum atomic E-state index is 0.734. The van der Waals surface area contributed by atoms with E-state index in [2.05, 4.69) is 39.9 Å². The summed E-state index contributed by atoms with van der Waals surface area (Å²) in [4.78, 5) is 0. The van der Waals surface area contributed by atoms with Crippen LogP contribution in [0.5, 0.6) is 0 Å².